The molecule has 2 aromatic carbocycles. The van der Waals surface area contributed by atoms with E-state index in [1.807, 2.05) is 10.7 Å². The molecule has 0 bridgehead atoms. The topological polar surface area (TPSA) is 71.8 Å². The number of carbonyl (C=O) groups is 1. The predicted molar refractivity (Wildman–Crippen MR) is 108 cm³/mol. The first kappa shape index (κ1) is 17.9. The molecule has 0 spiro atoms. The molecule has 1 aromatic heterocycles. The normalized spacial score (nSPS) is 16.3. The lowest BCUT2D eigenvalue weighted by atomic mass is 10.0. The van der Waals surface area contributed by atoms with Crippen LogP contribution in [0.2, 0.25) is 0 Å². The van der Waals surface area contributed by atoms with E-state index < -0.39 is 0 Å². The molecule has 7 heteroatoms. The molecule has 27 heavy (non-hydrogen) atoms. The van der Waals surface area contributed by atoms with Crippen LogP contribution in [0.5, 0.6) is 0 Å². The third-order valence-electron chi connectivity index (χ3n) is 5.55. The maximum absolute atomic E-state index is 12.7. The Bertz CT molecular complexity index is 983. The fourth-order valence-electron chi connectivity index (χ4n) is 4.17. The van der Waals surface area contributed by atoms with Crippen molar-refractivity contribution in [1.29, 1.82) is 0 Å². The van der Waals surface area contributed by atoms with Crippen LogP contribution < -0.4 is 10.6 Å². The van der Waals surface area contributed by atoms with Gasteiger partial charge in [0.15, 0.2) is 5.69 Å². The zero-order valence-electron chi connectivity index (χ0n) is 14.9. The molecule has 140 valence electrons. The Labute approximate surface area is 163 Å². The van der Waals surface area contributed by atoms with Gasteiger partial charge in [-0.05, 0) is 61.4 Å². The van der Waals surface area contributed by atoms with Crippen LogP contribution in [0.15, 0.2) is 36.5 Å². The molecular weight excluding hydrogens is 362 g/mol. The highest BCUT2D eigenvalue weighted by molar-refractivity contribution is 6.09. The van der Waals surface area contributed by atoms with E-state index in [9.17, 15) is 4.79 Å². The van der Waals surface area contributed by atoms with Gasteiger partial charge in [0.2, 0.25) is 0 Å². The number of amides is 1. The van der Waals surface area contributed by atoms with Crippen molar-refractivity contribution in [3.05, 3.63) is 53.3 Å². The second-order valence-electron chi connectivity index (χ2n) is 7.13. The molecule has 3 aromatic rings. The predicted octanol–water partition coefficient (Wildman–Crippen LogP) is 3.13. The number of nitrogens with zero attached hydrogens (tertiary/aromatic N) is 3. The molecule has 0 saturated carbocycles. The standard InChI is InChI=1S/C20H21N5O.ClH/c26-20(18-12-25(24-23-18)15-8-10-21-11-9-15)22-17-7-6-14-5-4-13-2-1-3-16(17)19(13)14;/h1-3,6-7,12,15,21H,4-5,8-11H2,(H,22,26);1H. The summed E-state index contributed by atoms with van der Waals surface area (Å²) in [5, 5.41) is 17.0. The molecule has 0 unspecified atom stereocenters. The first-order chi connectivity index (χ1) is 12.8. The molecule has 0 radical (unpaired) electrons. The Morgan fingerprint density at radius 1 is 1.11 bits per heavy atom. The fraction of sp³-hybridized carbons (Fsp3) is 0.350. The summed E-state index contributed by atoms with van der Waals surface area (Å²) in [5.74, 6) is -0.205. The van der Waals surface area contributed by atoms with E-state index in [0.29, 0.717) is 11.7 Å². The smallest absolute Gasteiger partial charge is 0.277 e. The minimum atomic E-state index is -0.205. The van der Waals surface area contributed by atoms with E-state index in [4.69, 9.17) is 0 Å². The van der Waals surface area contributed by atoms with Gasteiger partial charge in [0.25, 0.3) is 5.91 Å². The number of rotatable bonds is 3. The number of benzene rings is 2. The van der Waals surface area contributed by atoms with E-state index in [1.54, 1.807) is 6.20 Å². The molecule has 0 atom stereocenters. The van der Waals surface area contributed by atoms with Gasteiger partial charge in [-0.15, -0.1) is 17.5 Å². The number of anilines is 1. The number of nitrogens with one attached hydrogen (secondary N) is 2. The average molecular weight is 384 g/mol. The first-order valence-electron chi connectivity index (χ1n) is 9.27. The number of aryl methyl sites for hydroxylation is 2. The summed E-state index contributed by atoms with van der Waals surface area (Å²) >= 11 is 0. The summed E-state index contributed by atoms with van der Waals surface area (Å²) in [4.78, 5) is 12.7. The molecule has 1 aliphatic carbocycles. The summed E-state index contributed by atoms with van der Waals surface area (Å²) < 4.78 is 1.84. The third-order valence-corrected chi connectivity index (χ3v) is 5.55. The van der Waals surface area contributed by atoms with Crippen LogP contribution in [-0.4, -0.2) is 34.0 Å². The minimum Gasteiger partial charge on any atom is -0.320 e. The van der Waals surface area contributed by atoms with E-state index in [1.165, 1.54) is 16.5 Å². The fourth-order valence-corrected chi connectivity index (χ4v) is 4.17. The van der Waals surface area contributed by atoms with Crippen LogP contribution in [0.3, 0.4) is 0 Å². The zero-order chi connectivity index (χ0) is 17.5. The summed E-state index contributed by atoms with van der Waals surface area (Å²) in [5.41, 5.74) is 3.94. The number of aromatic nitrogens is 3. The van der Waals surface area contributed by atoms with Gasteiger partial charge in [-0.25, -0.2) is 4.68 Å². The molecular formula is C20H22ClN5O. The number of hydrogen-bond donors (Lipinski definition) is 2. The molecule has 1 aliphatic heterocycles. The van der Waals surface area contributed by atoms with Crippen molar-refractivity contribution in [2.24, 2.45) is 0 Å². The second-order valence-corrected chi connectivity index (χ2v) is 7.13. The number of halogens is 1. The lowest BCUT2D eigenvalue weighted by Crippen LogP contribution is -2.29. The summed E-state index contributed by atoms with van der Waals surface area (Å²) in [6.45, 7) is 1.96. The van der Waals surface area contributed by atoms with Crippen LogP contribution in [0.1, 0.15) is 40.5 Å². The van der Waals surface area contributed by atoms with Gasteiger partial charge < -0.3 is 10.6 Å². The highest BCUT2D eigenvalue weighted by atomic mass is 35.5. The van der Waals surface area contributed by atoms with Crippen molar-refractivity contribution in [3.63, 3.8) is 0 Å². The molecule has 2 aliphatic rings. The molecule has 1 saturated heterocycles. The molecule has 6 nitrogen and oxygen atoms in total. The highest BCUT2D eigenvalue weighted by Gasteiger charge is 2.20. The van der Waals surface area contributed by atoms with E-state index in [2.05, 4.69) is 45.2 Å². The maximum atomic E-state index is 12.7. The summed E-state index contributed by atoms with van der Waals surface area (Å²) in [6, 6.07) is 10.8. The Kier molecular flexibility index (Phi) is 4.85. The van der Waals surface area contributed by atoms with Gasteiger partial charge in [-0.2, -0.15) is 0 Å². The zero-order valence-corrected chi connectivity index (χ0v) is 15.8. The second kappa shape index (κ2) is 7.29. The van der Waals surface area contributed by atoms with Crippen molar-refractivity contribution in [2.75, 3.05) is 18.4 Å². The number of hydrogen-bond acceptors (Lipinski definition) is 4. The van der Waals surface area contributed by atoms with Gasteiger partial charge >= 0.3 is 0 Å². The molecule has 2 N–H and O–H groups in total. The molecule has 5 rings (SSSR count). The number of piperidine rings is 1. The van der Waals surface area contributed by atoms with Crippen LogP contribution in [-0.2, 0) is 12.8 Å². The first-order valence-corrected chi connectivity index (χ1v) is 9.27. The monoisotopic (exact) mass is 383 g/mol. The Morgan fingerprint density at radius 2 is 1.89 bits per heavy atom. The maximum Gasteiger partial charge on any atom is 0.277 e. The van der Waals surface area contributed by atoms with Crippen molar-refractivity contribution in [1.82, 2.24) is 20.3 Å². The van der Waals surface area contributed by atoms with Crippen LogP contribution in [0.25, 0.3) is 10.8 Å². The van der Waals surface area contributed by atoms with Crippen molar-refractivity contribution >= 4 is 34.8 Å². The van der Waals surface area contributed by atoms with Crippen molar-refractivity contribution in [2.45, 2.75) is 31.7 Å². The Hall–Kier alpha value is -2.44. The van der Waals surface area contributed by atoms with E-state index in [0.717, 1.165) is 49.8 Å². The number of carbonyl (C=O) groups excluding carboxylic acids is 1. The molecule has 1 fully saturated rings. The third kappa shape index (κ3) is 3.19. The van der Waals surface area contributed by atoms with E-state index >= 15 is 0 Å². The van der Waals surface area contributed by atoms with Crippen LogP contribution in [0.4, 0.5) is 5.69 Å². The molecule has 1 amide bonds. The largest absolute Gasteiger partial charge is 0.320 e. The summed E-state index contributed by atoms with van der Waals surface area (Å²) in [6.07, 6.45) is 5.95. The Balaban J connectivity index is 0.00000180. The van der Waals surface area contributed by atoms with Crippen molar-refractivity contribution < 1.29 is 4.79 Å². The van der Waals surface area contributed by atoms with Gasteiger partial charge in [0.05, 0.1) is 12.2 Å². The molecule has 2 heterocycles. The average Bonchev–Trinajstić information content (AvgIpc) is 3.33. The lowest BCUT2D eigenvalue weighted by molar-refractivity contribution is 0.102. The summed E-state index contributed by atoms with van der Waals surface area (Å²) in [7, 11) is 0. The SMILES string of the molecule is Cl.O=C(Nc1ccc2c3c(cccc13)CC2)c1cn(C2CCNCC2)nn1. The quantitative estimate of drug-likeness (QED) is 0.728. The van der Waals surface area contributed by atoms with Gasteiger partial charge in [-0.3, -0.25) is 4.79 Å². The lowest BCUT2D eigenvalue weighted by Gasteiger charge is -2.22. The minimum absolute atomic E-state index is 0. The van der Waals surface area contributed by atoms with Gasteiger partial charge in [-0.1, -0.05) is 29.5 Å². The van der Waals surface area contributed by atoms with Crippen molar-refractivity contribution in [3.8, 4) is 0 Å². The van der Waals surface area contributed by atoms with Crippen LogP contribution in [0, 0.1) is 0 Å². The van der Waals surface area contributed by atoms with Gasteiger partial charge in [0, 0.05) is 11.1 Å². The van der Waals surface area contributed by atoms with Crippen LogP contribution >= 0.6 is 12.4 Å². The van der Waals surface area contributed by atoms with Gasteiger partial charge in [0.1, 0.15) is 0 Å². The van der Waals surface area contributed by atoms with E-state index in [-0.39, 0.29) is 18.3 Å². The highest BCUT2D eigenvalue weighted by Crippen LogP contribution is 2.35. The Morgan fingerprint density at radius 3 is 2.70 bits per heavy atom.